The zero-order valence-electron chi connectivity index (χ0n) is 31.8. The fourth-order valence-corrected chi connectivity index (χ4v) is 6.95. The maximum atomic E-state index is 11.7. The molecule has 0 aliphatic heterocycles. The zero-order valence-corrected chi connectivity index (χ0v) is 46.0. The van der Waals surface area contributed by atoms with Crippen LogP contribution in [0, 0.1) is 185 Å². The number of carbonyl (C=O) groups excluding carboxylic acids is 4. The summed E-state index contributed by atoms with van der Waals surface area (Å²) in [7, 11) is 1.00. The molecule has 0 bridgehead atoms. The van der Waals surface area contributed by atoms with Gasteiger partial charge in [-0.15, -0.1) is 13.2 Å². The number of carbonyl (C=O) groups is 4. The molecule has 2 amide bonds. The van der Waals surface area contributed by atoms with Crippen LogP contribution in [0.1, 0.15) is 128 Å². The molecule has 3 unspecified atom stereocenters. The van der Waals surface area contributed by atoms with Gasteiger partial charge in [-0.1, -0.05) is 76.0 Å². The van der Waals surface area contributed by atoms with Crippen molar-refractivity contribution in [3.8, 4) is 0 Å². The molecular formula is C40H77Ac3N3O7. The molecule has 0 aromatic carbocycles. The van der Waals surface area contributed by atoms with E-state index in [9.17, 15) is 29.4 Å². The third-order valence-electron chi connectivity index (χ3n) is 10.0. The molecule has 0 heterocycles. The summed E-state index contributed by atoms with van der Waals surface area (Å²) in [4.78, 5) is 45.1. The predicted molar refractivity (Wildman–Crippen MR) is 209 cm³/mol. The number of primary amides is 1. The number of ketones is 3. The molecule has 6 N–H and O–H groups in total. The minimum atomic E-state index is -0.723. The third kappa shape index (κ3) is 26.4. The first kappa shape index (κ1) is 69.3. The molecule has 3 fully saturated rings. The zero-order chi connectivity index (χ0) is 36.3. The van der Waals surface area contributed by atoms with Crippen LogP contribution in [0.15, 0.2) is 30.4 Å². The van der Waals surface area contributed by atoms with E-state index < -0.39 is 18.2 Å². The molecule has 3 rings (SSSR count). The number of nitrogens with one attached hydrogen (secondary N) is 1. The van der Waals surface area contributed by atoms with Crippen LogP contribution in [0.25, 0.3) is 0 Å². The summed E-state index contributed by atoms with van der Waals surface area (Å²) >= 11 is 0. The van der Waals surface area contributed by atoms with Crippen LogP contribution in [-0.2, 0) is 14.4 Å². The number of aliphatic hydroxyl groups is 3. The first-order chi connectivity index (χ1) is 22.2. The van der Waals surface area contributed by atoms with Gasteiger partial charge in [0.05, 0.1) is 12.2 Å². The number of aliphatic hydroxyl groups excluding tert-OH is 3. The minimum Gasteiger partial charge on any atom is -0.400 e. The maximum Gasteiger partial charge on any atom is 0.332 e. The number of allylic oxidation sites excluding steroid dienone is 2. The van der Waals surface area contributed by atoms with E-state index >= 15 is 0 Å². The Morgan fingerprint density at radius 1 is 0.755 bits per heavy atom. The van der Waals surface area contributed by atoms with Gasteiger partial charge in [0.25, 0.3) is 0 Å². The molecular weight excluding hydrogens is 1320 g/mol. The number of hydrazone groups is 1. The molecule has 13 heteroatoms. The smallest absolute Gasteiger partial charge is 0.332 e. The molecule has 3 radical (unpaired) electrons. The molecule has 0 aromatic heterocycles. The Kier molecular flexibility index (Phi) is 51.1. The summed E-state index contributed by atoms with van der Waals surface area (Å²) in [5.74, 6) is 2.67. The van der Waals surface area contributed by atoms with Crippen molar-refractivity contribution in [3.63, 3.8) is 0 Å². The number of nitrogens with two attached hydrogens (primary N) is 1. The van der Waals surface area contributed by atoms with Gasteiger partial charge in [0, 0.05) is 183 Å². The summed E-state index contributed by atoms with van der Waals surface area (Å²) in [6.07, 6.45) is 12.4. The normalized spacial score (nSPS) is 25.2. The van der Waals surface area contributed by atoms with E-state index in [-0.39, 0.29) is 196 Å². The molecule has 0 spiro atoms. The van der Waals surface area contributed by atoms with E-state index in [1.807, 2.05) is 26.8 Å². The third-order valence-corrected chi connectivity index (χ3v) is 10.0. The Morgan fingerprint density at radius 3 is 1.45 bits per heavy atom. The van der Waals surface area contributed by atoms with Gasteiger partial charge in [0.15, 0.2) is 0 Å². The summed E-state index contributed by atoms with van der Waals surface area (Å²) in [6.45, 7) is 19.7. The van der Waals surface area contributed by atoms with E-state index in [0.29, 0.717) is 48.7 Å². The van der Waals surface area contributed by atoms with Gasteiger partial charge in [-0.2, -0.15) is 5.10 Å². The van der Waals surface area contributed by atoms with Crippen LogP contribution in [-0.4, -0.2) is 64.2 Å². The van der Waals surface area contributed by atoms with Crippen molar-refractivity contribution < 1.29 is 167 Å². The second kappa shape index (κ2) is 39.1. The van der Waals surface area contributed by atoms with Gasteiger partial charge in [0.1, 0.15) is 17.3 Å². The Labute approximate surface area is 432 Å². The largest absolute Gasteiger partial charge is 0.400 e. The van der Waals surface area contributed by atoms with Crippen LogP contribution >= 0.6 is 0 Å². The number of amides is 2. The summed E-state index contributed by atoms with van der Waals surface area (Å²) in [6, 6.07) is -0.723. The quantitative estimate of drug-likeness (QED) is 0.0719. The summed E-state index contributed by atoms with van der Waals surface area (Å²) < 4.78 is 0. The fourth-order valence-electron chi connectivity index (χ4n) is 6.95. The molecule has 303 valence electrons. The van der Waals surface area contributed by atoms with Crippen LogP contribution in [0.4, 0.5) is 4.79 Å². The van der Waals surface area contributed by atoms with E-state index in [4.69, 9.17) is 10.8 Å². The number of rotatable bonds is 13. The number of Topliss-reactive ketones (excluding diaryl/α,β-unsaturated/α-hetero) is 3. The van der Waals surface area contributed by atoms with Crippen LogP contribution in [0.5, 0.6) is 0 Å². The van der Waals surface area contributed by atoms with Crippen molar-refractivity contribution in [1.29, 1.82) is 0 Å². The summed E-state index contributed by atoms with van der Waals surface area (Å²) in [5.41, 5.74) is 6.93. The van der Waals surface area contributed by atoms with Crippen LogP contribution in [0.2, 0.25) is 0 Å². The Bertz CT molecular complexity index is 1030. The molecule has 3 aliphatic carbocycles. The monoisotopic (exact) mass is 1390 g/mol. The summed E-state index contributed by atoms with van der Waals surface area (Å²) in [5, 5.41) is 30.8. The number of hydrogen-bond acceptors (Lipinski definition) is 8. The maximum absolute atomic E-state index is 11.7. The topological polar surface area (TPSA) is 179 Å². The average Bonchev–Trinajstić information content (AvgIpc) is 3.66. The van der Waals surface area contributed by atoms with Gasteiger partial charge in [-0.3, -0.25) is 14.4 Å². The minimum absolute atomic E-state index is 0. The second-order valence-corrected chi connectivity index (χ2v) is 14.0. The van der Waals surface area contributed by atoms with E-state index in [2.05, 4.69) is 44.5 Å². The van der Waals surface area contributed by atoms with E-state index in [1.165, 1.54) is 6.21 Å². The standard InChI is InChI=1S/C12H21N3O3.C12H20O2.C12H20O.CH4O.3CH4.3Ac/c1-7-3-4-9(16)10(7)11(17)8(2)5-6-14-15-12(13)18;1-4-5-9(3)12(14)11-8(2)6-7-10(11)13;1-4-5-9(2)8-11-10(3)6-7-12(11)13;1-2;;;;;;/h6-8,10-11,17H,3-5H2,1-2H3,(H3,13,15,18);4,8-9,11-12,14H,1,5-7H2,2-3H3;4,9-11H,1,5-8H2,2-3H3;2H,1H3;3*1H4;;;/b14-6+;;;;;;;;;/t7?,8-,10-,11-;8?,9-,11-,12-;9-,10?,11-;;;;;;;/m111......./s1. The van der Waals surface area contributed by atoms with Crippen LogP contribution in [0.3, 0.4) is 0 Å². The second-order valence-electron chi connectivity index (χ2n) is 14.0. The first-order valence-corrected chi connectivity index (χ1v) is 17.3. The SMILES string of the molecule is C.C.C.C=CC[C@@H](C)C[C@H]1C(=O)CCC1C.C=CC[C@@H](C)[C@@H](O)[C@H]1C(=O)CCC1C.CC1CCC(=O)[C@@H]1[C@H](O)[C@H](C)C/C=N/NC(N)=O.CO.[Ac].[Ac].[Ac]. The number of nitrogens with zero attached hydrogens (tertiary/aromatic N) is 1. The van der Waals surface area contributed by atoms with Crippen molar-refractivity contribution >= 4 is 29.6 Å². The van der Waals surface area contributed by atoms with E-state index in [1.54, 1.807) is 6.08 Å². The number of urea groups is 1. The predicted octanol–water partition coefficient (Wildman–Crippen LogP) is 7.54. The molecule has 3 aliphatic rings. The molecule has 3 saturated carbocycles. The van der Waals surface area contributed by atoms with Crippen molar-refractivity contribution in [2.75, 3.05) is 7.11 Å². The van der Waals surface area contributed by atoms with Crippen molar-refractivity contribution in [2.45, 2.75) is 140 Å². The Balaban J connectivity index is -0.000000112. The Morgan fingerprint density at radius 2 is 1.13 bits per heavy atom. The molecule has 53 heavy (non-hydrogen) atoms. The van der Waals surface area contributed by atoms with Gasteiger partial charge >= 0.3 is 6.03 Å². The van der Waals surface area contributed by atoms with Gasteiger partial charge in [-0.25, -0.2) is 10.2 Å². The molecule has 11 atom stereocenters. The molecule has 0 saturated heterocycles. The Hall–Kier alpha value is 1.63. The van der Waals surface area contributed by atoms with Crippen molar-refractivity contribution in [2.24, 2.45) is 64.1 Å². The van der Waals surface area contributed by atoms with E-state index in [0.717, 1.165) is 52.1 Å². The first-order valence-electron chi connectivity index (χ1n) is 17.3. The number of hydrogen-bond donors (Lipinski definition) is 5. The van der Waals surface area contributed by atoms with Crippen LogP contribution < -0.4 is 11.2 Å². The van der Waals surface area contributed by atoms with Crippen molar-refractivity contribution in [1.82, 2.24) is 5.43 Å². The van der Waals surface area contributed by atoms with Gasteiger partial charge < -0.3 is 21.1 Å². The average molecular weight is 1390 g/mol. The molecule has 10 nitrogen and oxygen atoms in total. The van der Waals surface area contributed by atoms with Crippen molar-refractivity contribution in [3.05, 3.63) is 25.3 Å². The fraction of sp³-hybridized carbons (Fsp3) is 0.775. The molecule has 0 aromatic rings. The van der Waals surface area contributed by atoms with Gasteiger partial charge in [-0.05, 0) is 80.5 Å². The van der Waals surface area contributed by atoms with Gasteiger partial charge in [0.2, 0.25) is 0 Å².